The smallest absolute Gasteiger partial charge is 0.149 e. The Balaban J connectivity index is 2.47. The van der Waals surface area contributed by atoms with Crippen molar-refractivity contribution in [2.75, 3.05) is 0 Å². The molecule has 0 fully saturated rings. The second-order valence-electron chi connectivity index (χ2n) is 3.34. The van der Waals surface area contributed by atoms with Crippen LogP contribution in [0.25, 0.3) is 10.6 Å². The molecule has 1 unspecified atom stereocenters. The third-order valence-corrected chi connectivity index (χ3v) is 3.55. The Bertz CT molecular complexity index is 513. The summed E-state index contributed by atoms with van der Waals surface area (Å²) < 4.78 is 13.2. The van der Waals surface area contributed by atoms with E-state index in [1.807, 2.05) is 6.92 Å². The summed E-state index contributed by atoms with van der Waals surface area (Å²) in [6, 6.07) is 4.42. The summed E-state index contributed by atoms with van der Waals surface area (Å²) >= 11 is 7.17. The van der Waals surface area contributed by atoms with Crippen LogP contribution in [0.15, 0.2) is 18.2 Å². The Kier molecular flexibility index (Phi) is 3.18. The molecule has 6 heteroatoms. The number of hydrogen-bond acceptors (Lipinski definition) is 4. The summed E-state index contributed by atoms with van der Waals surface area (Å²) in [5.74, 6) is -0.461. The molecule has 16 heavy (non-hydrogen) atoms. The maximum absolute atomic E-state index is 13.2. The molecule has 0 saturated carbocycles. The Morgan fingerprint density at radius 3 is 2.81 bits per heavy atom. The van der Waals surface area contributed by atoms with Gasteiger partial charge in [0, 0.05) is 5.56 Å². The normalized spacial score (nSPS) is 12.8. The zero-order valence-electron chi connectivity index (χ0n) is 8.45. The summed E-state index contributed by atoms with van der Waals surface area (Å²) in [6.45, 7) is 1.82. The van der Waals surface area contributed by atoms with E-state index in [1.54, 1.807) is 12.1 Å². The highest BCUT2D eigenvalue weighted by Crippen LogP contribution is 2.32. The molecule has 0 spiro atoms. The molecular weight excluding hydrogens is 249 g/mol. The second-order valence-corrected chi connectivity index (χ2v) is 4.72. The van der Waals surface area contributed by atoms with Gasteiger partial charge in [0.1, 0.15) is 15.8 Å². The van der Waals surface area contributed by atoms with Gasteiger partial charge >= 0.3 is 0 Å². The zero-order chi connectivity index (χ0) is 11.7. The van der Waals surface area contributed by atoms with Crippen LogP contribution in [0.1, 0.15) is 18.0 Å². The topological polar surface area (TPSA) is 51.8 Å². The Hall–Kier alpha value is -1.04. The molecule has 2 aromatic rings. The highest BCUT2D eigenvalue weighted by Gasteiger charge is 2.14. The van der Waals surface area contributed by atoms with Gasteiger partial charge in [-0.2, -0.15) is 0 Å². The fourth-order valence-corrected chi connectivity index (χ4v) is 2.30. The third kappa shape index (κ3) is 2.07. The lowest BCUT2D eigenvalue weighted by atomic mass is 10.2. The van der Waals surface area contributed by atoms with Crippen LogP contribution in [0, 0.1) is 5.82 Å². The van der Waals surface area contributed by atoms with Crippen LogP contribution in [-0.2, 0) is 0 Å². The van der Waals surface area contributed by atoms with Gasteiger partial charge in [0.2, 0.25) is 0 Å². The van der Waals surface area contributed by atoms with Crippen molar-refractivity contribution < 1.29 is 4.39 Å². The fourth-order valence-electron chi connectivity index (χ4n) is 1.20. The number of rotatable bonds is 2. The molecule has 0 saturated heterocycles. The molecule has 0 bridgehead atoms. The quantitative estimate of drug-likeness (QED) is 0.900. The first-order valence-electron chi connectivity index (χ1n) is 4.63. The molecule has 1 heterocycles. The van der Waals surface area contributed by atoms with Gasteiger partial charge in [0.25, 0.3) is 0 Å². The molecule has 3 nitrogen and oxygen atoms in total. The second kappa shape index (κ2) is 4.45. The molecule has 0 aliphatic rings. The largest absolute Gasteiger partial charge is 0.322 e. The molecule has 0 amide bonds. The molecule has 0 radical (unpaired) electrons. The van der Waals surface area contributed by atoms with Gasteiger partial charge in [0.05, 0.1) is 11.1 Å². The maximum atomic E-state index is 13.2. The molecule has 84 valence electrons. The van der Waals surface area contributed by atoms with E-state index in [9.17, 15) is 4.39 Å². The van der Waals surface area contributed by atoms with E-state index in [4.69, 9.17) is 17.3 Å². The monoisotopic (exact) mass is 257 g/mol. The summed E-state index contributed by atoms with van der Waals surface area (Å²) in [4.78, 5) is 0. The molecule has 1 aromatic carbocycles. The number of benzene rings is 1. The van der Waals surface area contributed by atoms with E-state index in [1.165, 1.54) is 17.4 Å². The fraction of sp³-hybridized carbons (Fsp3) is 0.200. The van der Waals surface area contributed by atoms with E-state index in [0.29, 0.717) is 15.6 Å². The van der Waals surface area contributed by atoms with E-state index >= 15 is 0 Å². The Morgan fingerprint density at radius 1 is 1.44 bits per heavy atom. The zero-order valence-corrected chi connectivity index (χ0v) is 10.0. The first-order chi connectivity index (χ1) is 7.59. The van der Waals surface area contributed by atoms with E-state index < -0.39 is 5.82 Å². The van der Waals surface area contributed by atoms with E-state index in [2.05, 4.69) is 10.2 Å². The van der Waals surface area contributed by atoms with Crippen molar-refractivity contribution in [3.8, 4) is 10.6 Å². The van der Waals surface area contributed by atoms with Crippen molar-refractivity contribution in [3.63, 3.8) is 0 Å². The van der Waals surface area contributed by atoms with Crippen LogP contribution in [0.2, 0.25) is 5.02 Å². The summed E-state index contributed by atoms with van der Waals surface area (Å²) in [7, 11) is 0. The van der Waals surface area contributed by atoms with Crippen molar-refractivity contribution in [3.05, 3.63) is 34.0 Å². The van der Waals surface area contributed by atoms with Crippen molar-refractivity contribution in [2.24, 2.45) is 5.73 Å². The van der Waals surface area contributed by atoms with Gasteiger partial charge in [-0.25, -0.2) is 4.39 Å². The SMILES string of the molecule is CC(N)c1nnc(-c2cccc(F)c2Cl)s1. The van der Waals surface area contributed by atoms with Crippen LogP contribution in [0.3, 0.4) is 0 Å². The number of nitrogens with two attached hydrogens (primary N) is 1. The van der Waals surface area contributed by atoms with E-state index in [-0.39, 0.29) is 11.1 Å². The van der Waals surface area contributed by atoms with Crippen molar-refractivity contribution in [2.45, 2.75) is 13.0 Å². The minimum Gasteiger partial charge on any atom is -0.322 e. The van der Waals surface area contributed by atoms with Gasteiger partial charge in [-0.3, -0.25) is 0 Å². The Labute approximate surface area is 101 Å². The average Bonchev–Trinajstić information content (AvgIpc) is 2.71. The molecule has 1 aromatic heterocycles. The van der Waals surface area contributed by atoms with Crippen molar-refractivity contribution in [1.29, 1.82) is 0 Å². The average molecular weight is 258 g/mol. The number of hydrogen-bond donors (Lipinski definition) is 1. The van der Waals surface area contributed by atoms with Crippen molar-refractivity contribution in [1.82, 2.24) is 10.2 Å². The molecule has 1 atom stereocenters. The standard InChI is InChI=1S/C10H9ClFN3S/c1-5(13)9-14-15-10(16-9)6-3-2-4-7(12)8(6)11/h2-5H,13H2,1H3. The maximum Gasteiger partial charge on any atom is 0.149 e. The van der Waals surface area contributed by atoms with Crippen LogP contribution in [0.5, 0.6) is 0 Å². The molecular formula is C10H9ClFN3S. The van der Waals surface area contributed by atoms with Crippen LogP contribution >= 0.6 is 22.9 Å². The first-order valence-corrected chi connectivity index (χ1v) is 5.82. The third-order valence-electron chi connectivity index (χ3n) is 2.01. The lowest BCUT2D eigenvalue weighted by Gasteiger charge is -1.99. The lowest BCUT2D eigenvalue weighted by Crippen LogP contribution is -2.03. The number of aromatic nitrogens is 2. The molecule has 0 aliphatic carbocycles. The minimum absolute atomic E-state index is 0.0647. The van der Waals surface area contributed by atoms with Gasteiger partial charge in [-0.05, 0) is 13.0 Å². The van der Waals surface area contributed by atoms with Crippen molar-refractivity contribution >= 4 is 22.9 Å². The first kappa shape index (κ1) is 11.4. The van der Waals surface area contributed by atoms with E-state index in [0.717, 1.165) is 0 Å². The molecule has 2 rings (SSSR count). The van der Waals surface area contributed by atoms with Crippen LogP contribution < -0.4 is 5.73 Å². The predicted octanol–water partition coefficient (Wildman–Crippen LogP) is 3.02. The summed E-state index contributed by atoms with van der Waals surface area (Å²) in [5.41, 5.74) is 6.22. The van der Waals surface area contributed by atoms with Gasteiger partial charge in [-0.15, -0.1) is 10.2 Å². The van der Waals surface area contributed by atoms with Gasteiger partial charge < -0.3 is 5.73 Å². The number of halogens is 2. The van der Waals surface area contributed by atoms with Crippen LogP contribution in [-0.4, -0.2) is 10.2 Å². The Morgan fingerprint density at radius 2 is 2.19 bits per heavy atom. The highest BCUT2D eigenvalue weighted by atomic mass is 35.5. The minimum atomic E-state index is -0.461. The predicted molar refractivity (Wildman–Crippen MR) is 62.9 cm³/mol. The molecule has 0 aliphatic heterocycles. The summed E-state index contributed by atoms with van der Waals surface area (Å²) in [5, 5.41) is 9.22. The molecule has 2 N–H and O–H groups in total. The summed E-state index contributed by atoms with van der Waals surface area (Å²) in [6.07, 6.45) is 0. The number of nitrogens with zero attached hydrogens (tertiary/aromatic N) is 2. The lowest BCUT2D eigenvalue weighted by molar-refractivity contribution is 0.628. The van der Waals surface area contributed by atoms with Gasteiger partial charge in [-0.1, -0.05) is 35.1 Å². The van der Waals surface area contributed by atoms with Crippen LogP contribution in [0.4, 0.5) is 4.39 Å². The highest BCUT2D eigenvalue weighted by molar-refractivity contribution is 7.14. The van der Waals surface area contributed by atoms with Gasteiger partial charge in [0.15, 0.2) is 0 Å².